The second-order valence-corrected chi connectivity index (χ2v) is 7.34. The molecule has 1 atom stereocenters. The third kappa shape index (κ3) is 4.59. The van der Waals surface area contributed by atoms with E-state index in [4.69, 9.17) is 11.6 Å². The van der Waals surface area contributed by atoms with Gasteiger partial charge in [0.2, 0.25) is 5.95 Å². The van der Waals surface area contributed by atoms with Crippen molar-refractivity contribution in [1.82, 2.24) is 15.3 Å². The highest BCUT2D eigenvalue weighted by Gasteiger charge is 2.30. The van der Waals surface area contributed by atoms with Crippen molar-refractivity contribution in [3.63, 3.8) is 0 Å². The van der Waals surface area contributed by atoms with E-state index in [0.717, 1.165) is 40.6 Å². The molecule has 2 aliphatic rings. The summed E-state index contributed by atoms with van der Waals surface area (Å²) in [6, 6.07) is 5.17. The minimum atomic E-state index is -4.36. The number of allylic oxidation sites excluding steroid dienone is 1. The topological polar surface area (TPSA) is 62.2 Å². The molecule has 4 rings (SSSR count). The van der Waals surface area contributed by atoms with Gasteiger partial charge in [0.15, 0.2) is 0 Å². The largest absolute Gasteiger partial charge is 0.416 e. The van der Waals surface area contributed by atoms with Crippen molar-refractivity contribution < 1.29 is 13.2 Å². The first kappa shape index (κ1) is 19.4. The number of benzene rings is 1. The lowest BCUT2D eigenvalue weighted by atomic mass is 9.92. The Morgan fingerprint density at radius 1 is 1.17 bits per heavy atom. The summed E-state index contributed by atoms with van der Waals surface area (Å²) < 4.78 is 38.4. The number of amidine groups is 1. The zero-order valence-corrected chi connectivity index (χ0v) is 15.9. The van der Waals surface area contributed by atoms with Crippen LogP contribution >= 0.6 is 11.6 Å². The van der Waals surface area contributed by atoms with Crippen LogP contribution in [0.5, 0.6) is 0 Å². The van der Waals surface area contributed by atoms with Crippen molar-refractivity contribution in [2.45, 2.75) is 25.6 Å². The number of fused-ring (bicyclic) bond motifs is 1. The van der Waals surface area contributed by atoms with Gasteiger partial charge in [0.25, 0.3) is 0 Å². The van der Waals surface area contributed by atoms with Gasteiger partial charge in [-0.15, -0.1) is 0 Å². The van der Waals surface area contributed by atoms with Gasteiger partial charge in [0.1, 0.15) is 5.84 Å². The summed E-state index contributed by atoms with van der Waals surface area (Å²) >= 11 is 6.10. The molecule has 29 heavy (non-hydrogen) atoms. The Hall–Kier alpha value is -2.87. The number of alkyl halides is 3. The lowest BCUT2D eigenvalue weighted by Crippen LogP contribution is -2.23. The molecule has 2 N–H and O–H groups in total. The van der Waals surface area contributed by atoms with Crippen LogP contribution < -0.4 is 10.6 Å². The molecule has 5 nitrogen and oxygen atoms in total. The molecule has 0 bridgehead atoms. The first-order valence-corrected chi connectivity index (χ1v) is 9.35. The van der Waals surface area contributed by atoms with Gasteiger partial charge in [0, 0.05) is 42.3 Å². The van der Waals surface area contributed by atoms with Gasteiger partial charge in [-0.2, -0.15) is 13.2 Å². The number of aliphatic imine (C=N–C) groups is 1. The first-order chi connectivity index (χ1) is 13.9. The van der Waals surface area contributed by atoms with E-state index in [2.05, 4.69) is 25.6 Å². The highest BCUT2D eigenvalue weighted by Crippen LogP contribution is 2.32. The van der Waals surface area contributed by atoms with E-state index in [1.54, 1.807) is 24.7 Å². The van der Waals surface area contributed by atoms with Crippen molar-refractivity contribution in [3.8, 4) is 0 Å². The van der Waals surface area contributed by atoms with Crippen LogP contribution in [0.25, 0.3) is 0 Å². The average Bonchev–Trinajstić information content (AvgIpc) is 3.09. The molecule has 0 fully saturated rings. The zero-order chi connectivity index (χ0) is 20.4. The van der Waals surface area contributed by atoms with Crippen LogP contribution in [0.3, 0.4) is 0 Å². The average molecular weight is 420 g/mol. The fourth-order valence-electron chi connectivity index (χ4n) is 3.27. The van der Waals surface area contributed by atoms with Crippen LogP contribution in [-0.4, -0.2) is 15.8 Å². The summed E-state index contributed by atoms with van der Waals surface area (Å²) in [7, 11) is 0. The molecule has 0 saturated heterocycles. The predicted molar refractivity (Wildman–Crippen MR) is 105 cm³/mol. The first-order valence-electron chi connectivity index (χ1n) is 8.97. The monoisotopic (exact) mass is 419 g/mol. The molecule has 2 aliphatic heterocycles. The van der Waals surface area contributed by atoms with Crippen molar-refractivity contribution in [2.24, 2.45) is 10.9 Å². The fourth-order valence-corrected chi connectivity index (χ4v) is 3.47. The molecule has 1 unspecified atom stereocenters. The van der Waals surface area contributed by atoms with Crippen molar-refractivity contribution in [1.29, 1.82) is 0 Å². The van der Waals surface area contributed by atoms with Crippen molar-refractivity contribution in [2.75, 3.05) is 5.32 Å². The minimum Gasteiger partial charge on any atom is -0.350 e. The standard InChI is InChI=1S/C20H17ClF3N5/c21-16-6-17-14(10-25-18(17)26-11-16)4-13-8-28-19(29-9-13)27-7-12-2-1-3-15(5-12)20(22,23)24/h1-3,5,8-11,17H,4,6-7H2,(H,25,26)(H,27,28,29). The summed E-state index contributed by atoms with van der Waals surface area (Å²) in [4.78, 5) is 12.8. The third-order valence-electron chi connectivity index (χ3n) is 4.74. The molecular weight excluding hydrogens is 403 g/mol. The maximum atomic E-state index is 12.8. The van der Waals surface area contributed by atoms with Gasteiger partial charge in [-0.05, 0) is 41.7 Å². The van der Waals surface area contributed by atoms with Crippen molar-refractivity contribution >= 4 is 23.4 Å². The van der Waals surface area contributed by atoms with E-state index in [-0.39, 0.29) is 12.5 Å². The maximum absolute atomic E-state index is 12.8. The van der Waals surface area contributed by atoms with Crippen LogP contribution in [-0.2, 0) is 19.1 Å². The number of nitrogens with one attached hydrogen (secondary N) is 2. The molecule has 3 heterocycles. The van der Waals surface area contributed by atoms with Crippen LogP contribution in [0, 0.1) is 5.92 Å². The maximum Gasteiger partial charge on any atom is 0.416 e. The summed E-state index contributed by atoms with van der Waals surface area (Å²) in [6.07, 6.45) is 4.03. The number of rotatable bonds is 5. The lowest BCUT2D eigenvalue weighted by molar-refractivity contribution is -0.137. The number of hydrogen-bond acceptors (Lipinski definition) is 5. The number of halogens is 4. The molecule has 0 aliphatic carbocycles. The molecule has 0 spiro atoms. The molecule has 0 radical (unpaired) electrons. The Balaban J connectivity index is 1.36. The highest BCUT2D eigenvalue weighted by molar-refractivity contribution is 6.30. The van der Waals surface area contributed by atoms with Crippen LogP contribution in [0.4, 0.5) is 19.1 Å². The van der Waals surface area contributed by atoms with Crippen molar-refractivity contribution in [3.05, 3.63) is 76.4 Å². The van der Waals surface area contributed by atoms with E-state index >= 15 is 0 Å². The fraction of sp³-hybridized carbons (Fsp3) is 0.250. The quantitative estimate of drug-likeness (QED) is 0.741. The van der Waals surface area contributed by atoms with Crippen LogP contribution in [0.1, 0.15) is 23.1 Å². The van der Waals surface area contributed by atoms with E-state index < -0.39 is 11.7 Å². The van der Waals surface area contributed by atoms with Gasteiger partial charge in [-0.1, -0.05) is 23.7 Å². The smallest absolute Gasteiger partial charge is 0.350 e. The van der Waals surface area contributed by atoms with Gasteiger partial charge >= 0.3 is 6.18 Å². The lowest BCUT2D eigenvalue weighted by Gasteiger charge is -2.17. The molecule has 2 aromatic rings. The number of nitrogens with zero attached hydrogens (tertiary/aromatic N) is 3. The summed E-state index contributed by atoms with van der Waals surface area (Å²) in [5.74, 6) is 1.39. The zero-order valence-electron chi connectivity index (χ0n) is 15.2. The number of hydrogen-bond donors (Lipinski definition) is 2. The third-order valence-corrected chi connectivity index (χ3v) is 5.00. The Morgan fingerprint density at radius 3 is 2.72 bits per heavy atom. The van der Waals surface area contributed by atoms with Gasteiger partial charge < -0.3 is 10.6 Å². The molecule has 9 heteroatoms. The van der Waals surface area contributed by atoms with Crippen LogP contribution in [0.2, 0.25) is 0 Å². The summed E-state index contributed by atoms with van der Waals surface area (Å²) in [6.45, 7) is 0.199. The Labute approximate surface area is 170 Å². The normalized spacial score (nSPS) is 18.3. The molecule has 1 aromatic carbocycles. The summed E-state index contributed by atoms with van der Waals surface area (Å²) in [5.41, 5.74) is 1.91. The minimum absolute atomic E-state index is 0.145. The summed E-state index contributed by atoms with van der Waals surface area (Å²) in [5, 5.41) is 6.84. The second-order valence-electron chi connectivity index (χ2n) is 6.85. The van der Waals surface area contributed by atoms with Gasteiger partial charge in [-0.25, -0.2) is 15.0 Å². The highest BCUT2D eigenvalue weighted by atomic mass is 35.5. The Bertz CT molecular complexity index is 996. The number of anilines is 1. The van der Waals surface area contributed by atoms with E-state index in [1.807, 2.05) is 6.20 Å². The number of aromatic nitrogens is 2. The van der Waals surface area contributed by atoms with E-state index in [9.17, 15) is 13.2 Å². The van der Waals surface area contributed by atoms with Gasteiger partial charge in [0.05, 0.1) is 5.56 Å². The SMILES string of the molecule is FC(F)(F)c1cccc(CNc2ncc(CC3=CNC4=NC=C(Cl)CC34)cn2)c1. The van der Waals surface area contributed by atoms with Gasteiger partial charge in [-0.3, -0.25) is 0 Å². The van der Waals surface area contributed by atoms with E-state index in [1.165, 1.54) is 6.07 Å². The second kappa shape index (κ2) is 7.87. The molecule has 0 amide bonds. The Kier molecular flexibility index (Phi) is 5.27. The molecule has 0 saturated carbocycles. The molecule has 1 aromatic heterocycles. The predicted octanol–water partition coefficient (Wildman–Crippen LogP) is 4.64. The molecular formula is C20H17ClF3N5. The Morgan fingerprint density at radius 2 is 1.97 bits per heavy atom. The van der Waals surface area contributed by atoms with Crippen LogP contribution in [0.15, 0.2) is 64.7 Å². The molecule has 150 valence electrons. The van der Waals surface area contributed by atoms with E-state index in [0.29, 0.717) is 17.9 Å².